The lowest BCUT2D eigenvalue weighted by Crippen LogP contribution is -2.35. The molecule has 2 aliphatic heterocycles. The molecule has 3 aliphatic rings. The van der Waals surface area contributed by atoms with Crippen LogP contribution in [0.3, 0.4) is 0 Å². The van der Waals surface area contributed by atoms with Crippen LogP contribution in [0.15, 0.2) is 24.3 Å². The van der Waals surface area contributed by atoms with Crippen molar-refractivity contribution >= 4 is 0 Å². The Morgan fingerprint density at radius 1 is 1.22 bits per heavy atom. The van der Waals surface area contributed by atoms with E-state index in [9.17, 15) is 0 Å². The van der Waals surface area contributed by atoms with Crippen LogP contribution in [-0.2, 0) is 18.9 Å². The largest absolute Gasteiger partial charge is 0.372 e. The summed E-state index contributed by atoms with van der Waals surface area (Å²) in [5.74, 6) is 0. The normalized spacial score (nSPS) is 38.1. The topological polar surface area (TPSA) is 43.5 Å². The fourth-order valence-electron chi connectivity index (χ4n) is 2.16. The number of allylic oxidation sites excluding steroid dienone is 2. The Balaban J connectivity index is 1.54. The molecule has 0 radical (unpaired) electrons. The lowest BCUT2D eigenvalue weighted by atomic mass is 9.94. The molecule has 0 aromatic rings. The maximum Gasteiger partial charge on any atom is 0.104 e. The number of rotatable bonds is 7. The van der Waals surface area contributed by atoms with Crippen molar-refractivity contribution in [2.45, 2.75) is 37.3 Å². The van der Waals surface area contributed by atoms with Gasteiger partial charge in [0.15, 0.2) is 0 Å². The Hall–Kier alpha value is -0.680. The predicted octanol–water partition coefficient (Wildman–Crippen LogP) is 1.46. The molecule has 0 aromatic heterocycles. The molecule has 4 heteroatoms. The highest BCUT2D eigenvalue weighted by atomic mass is 16.6. The van der Waals surface area contributed by atoms with Crippen LogP contribution in [0, 0.1) is 0 Å². The average molecular weight is 252 g/mol. The zero-order valence-corrected chi connectivity index (χ0v) is 10.5. The third kappa shape index (κ3) is 3.42. The van der Waals surface area contributed by atoms with Crippen LogP contribution in [0.4, 0.5) is 0 Å². The molecule has 4 atom stereocenters. The van der Waals surface area contributed by atoms with Gasteiger partial charge in [-0.1, -0.05) is 18.7 Å². The molecule has 0 amide bonds. The Kier molecular flexibility index (Phi) is 3.80. The molecule has 18 heavy (non-hydrogen) atoms. The van der Waals surface area contributed by atoms with Crippen molar-refractivity contribution in [3.8, 4) is 0 Å². The third-order valence-corrected chi connectivity index (χ3v) is 3.50. The summed E-state index contributed by atoms with van der Waals surface area (Å²) in [6, 6.07) is 0. The van der Waals surface area contributed by atoms with Gasteiger partial charge in [-0.3, -0.25) is 0 Å². The Morgan fingerprint density at radius 2 is 1.89 bits per heavy atom. The van der Waals surface area contributed by atoms with E-state index < -0.39 is 0 Å². The second kappa shape index (κ2) is 5.53. The number of ether oxygens (including phenoxy) is 4. The van der Waals surface area contributed by atoms with Crippen LogP contribution in [0.2, 0.25) is 0 Å². The van der Waals surface area contributed by atoms with E-state index in [1.807, 2.05) is 6.08 Å². The lowest BCUT2D eigenvalue weighted by Gasteiger charge is -2.29. The van der Waals surface area contributed by atoms with Gasteiger partial charge >= 0.3 is 0 Å². The zero-order chi connectivity index (χ0) is 12.4. The first-order valence-corrected chi connectivity index (χ1v) is 6.64. The van der Waals surface area contributed by atoms with Crippen LogP contribution in [0.25, 0.3) is 0 Å². The van der Waals surface area contributed by atoms with E-state index in [1.54, 1.807) is 0 Å². The smallest absolute Gasteiger partial charge is 0.104 e. The van der Waals surface area contributed by atoms with Crippen molar-refractivity contribution < 1.29 is 18.9 Å². The quantitative estimate of drug-likeness (QED) is 0.643. The van der Waals surface area contributed by atoms with Gasteiger partial charge in [0.2, 0.25) is 0 Å². The first kappa shape index (κ1) is 12.4. The van der Waals surface area contributed by atoms with Gasteiger partial charge in [0.1, 0.15) is 18.3 Å². The fourth-order valence-corrected chi connectivity index (χ4v) is 2.16. The molecule has 4 nitrogen and oxygen atoms in total. The van der Waals surface area contributed by atoms with Gasteiger partial charge in [-0.05, 0) is 18.4 Å². The Labute approximate surface area is 108 Å². The van der Waals surface area contributed by atoms with Crippen molar-refractivity contribution in [1.82, 2.24) is 0 Å². The van der Waals surface area contributed by atoms with Crippen molar-refractivity contribution in [3.05, 3.63) is 24.3 Å². The van der Waals surface area contributed by atoms with Gasteiger partial charge in [-0.15, -0.1) is 0 Å². The first-order chi connectivity index (χ1) is 8.85. The molecule has 1 aliphatic carbocycles. The van der Waals surface area contributed by atoms with Gasteiger partial charge < -0.3 is 18.9 Å². The summed E-state index contributed by atoms with van der Waals surface area (Å²) >= 11 is 0. The summed E-state index contributed by atoms with van der Waals surface area (Å²) in [7, 11) is 0. The molecule has 2 fully saturated rings. The lowest BCUT2D eigenvalue weighted by molar-refractivity contribution is -0.0649. The molecular weight excluding hydrogens is 232 g/mol. The minimum atomic E-state index is 0.0229. The van der Waals surface area contributed by atoms with E-state index in [0.29, 0.717) is 25.4 Å². The Morgan fingerprint density at radius 3 is 2.50 bits per heavy atom. The second-order valence-electron chi connectivity index (χ2n) is 5.06. The maximum absolute atomic E-state index is 5.90. The highest BCUT2D eigenvalue weighted by Crippen LogP contribution is 2.26. The van der Waals surface area contributed by atoms with E-state index in [2.05, 4.69) is 12.7 Å². The molecule has 3 rings (SSSR count). The van der Waals surface area contributed by atoms with Crippen LogP contribution < -0.4 is 0 Å². The molecular formula is C14H20O4. The number of hydrogen-bond donors (Lipinski definition) is 0. The third-order valence-electron chi connectivity index (χ3n) is 3.50. The summed E-state index contributed by atoms with van der Waals surface area (Å²) < 4.78 is 22.1. The standard InChI is InChI=1S/C14H20O4/c1-2-10-3-4-13(17-8-11-6-15-11)14(5-10)18-9-12-7-16-12/h2,5,11-14H,1,3-4,6-9H2. The van der Waals surface area contributed by atoms with E-state index in [1.165, 1.54) is 5.57 Å². The molecule has 0 aromatic carbocycles. The summed E-state index contributed by atoms with van der Waals surface area (Å²) in [4.78, 5) is 0. The van der Waals surface area contributed by atoms with Crippen LogP contribution in [-0.4, -0.2) is 50.8 Å². The number of hydrogen-bond acceptors (Lipinski definition) is 4. The van der Waals surface area contributed by atoms with Gasteiger partial charge in [-0.2, -0.15) is 0 Å². The molecule has 0 saturated carbocycles. The van der Waals surface area contributed by atoms with E-state index in [0.717, 1.165) is 26.1 Å². The van der Waals surface area contributed by atoms with Gasteiger partial charge in [0, 0.05) is 0 Å². The average Bonchev–Trinajstić information content (AvgIpc) is 3.28. The number of epoxide rings is 2. The molecule has 0 bridgehead atoms. The fraction of sp³-hybridized carbons (Fsp3) is 0.714. The van der Waals surface area contributed by atoms with Crippen LogP contribution in [0.5, 0.6) is 0 Å². The highest BCUT2D eigenvalue weighted by Gasteiger charge is 2.31. The summed E-state index contributed by atoms with van der Waals surface area (Å²) in [6.45, 7) is 6.83. The molecule has 4 unspecified atom stereocenters. The molecule has 0 N–H and O–H groups in total. The van der Waals surface area contributed by atoms with Crippen molar-refractivity contribution in [1.29, 1.82) is 0 Å². The van der Waals surface area contributed by atoms with Gasteiger partial charge in [-0.25, -0.2) is 0 Å². The summed E-state index contributed by atoms with van der Waals surface area (Å²) in [5, 5.41) is 0. The highest BCUT2D eigenvalue weighted by molar-refractivity contribution is 5.21. The van der Waals surface area contributed by atoms with E-state index in [4.69, 9.17) is 18.9 Å². The van der Waals surface area contributed by atoms with E-state index in [-0.39, 0.29) is 12.2 Å². The van der Waals surface area contributed by atoms with Crippen molar-refractivity contribution in [3.63, 3.8) is 0 Å². The second-order valence-corrected chi connectivity index (χ2v) is 5.06. The van der Waals surface area contributed by atoms with E-state index >= 15 is 0 Å². The first-order valence-electron chi connectivity index (χ1n) is 6.64. The molecule has 100 valence electrons. The molecule has 2 saturated heterocycles. The van der Waals surface area contributed by atoms with Gasteiger partial charge in [0.05, 0.1) is 32.5 Å². The monoisotopic (exact) mass is 252 g/mol. The van der Waals surface area contributed by atoms with Crippen LogP contribution in [0.1, 0.15) is 12.8 Å². The van der Waals surface area contributed by atoms with Crippen molar-refractivity contribution in [2.24, 2.45) is 0 Å². The predicted molar refractivity (Wildman–Crippen MR) is 66.5 cm³/mol. The maximum atomic E-state index is 5.90. The zero-order valence-electron chi connectivity index (χ0n) is 10.5. The minimum Gasteiger partial charge on any atom is -0.372 e. The van der Waals surface area contributed by atoms with Crippen molar-refractivity contribution in [2.75, 3.05) is 26.4 Å². The SMILES string of the molecule is C=CC1=CC(OCC2CO2)C(OCC2CO2)CC1. The van der Waals surface area contributed by atoms with Crippen LogP contribution >= 0.6 is 0 Å². The molecule has 0 spiro atoms. The summed E-state index contributed by atoms with van der Waals surface area (Å²) in [6.07, 6.45) is 6.80. The Bertz CT molecular complexity index is 331. The molecule has 2 heterocycles. The van der Waals surface area contributed by atoms with Gasteiger partial charge in [0.25, 0.3) is 0 Å². The summed E-state index contributed by atoms with van der Waals surface area (Å²) in [5.41, 5.74) is 1.25. The minimum absolute atomic E-state index is 0.0229.